The SMILES string of the molecule is CNC(c1ccccc1)C1Cc2ccccc2C1. The first-order chi connectivity index (χ1) is 8.88. The van der Waals surface area contributed by atoms with E-state index < -0.39 is 0 Å². The Labute approximate surface area is 109 Å². The highest BCUT2D eigenvalue weighted by atomic mass is 14.9. The Balaban J connectivity index is 1.84. The molecule has 18 heavy (non-hydrogen) atoms. The Morgan fingerprint density at radius 2 is 1.44 bits per heavy atom. The summed E-state index contributed by atoms with van der Waals surface area (Å²) in [6, 6.07) is 20.1. The highest BCUT2D eigenvalue weighted by molar-refractivity contribution is 5.34. The first kappa shape index (κ1) is 11.5. The van der Waals surface area contributed by atoms with E-state index in [1.54, 1.807) is 0 Å². The van der Waals surface area contributed by atoms with Crippen LogP contribution in [-0.2, 0) is 12.8 Å². The van der Waals surface area contributed by atoms with E-state index in [1.807, 2.05) is 0 Å². The topological polar surface area (TPSA) is 12.0 Å². The Morgan fingerprint density at radius 3 is 2.00 bits per heavy atom. The molecule has 1 atom stereocenters. The van der Waals surface area contributed by atoms with Gasteiger partial charge in [0.15, 0.2) is 0 Å². The van der Waals surface area contributed by atoms with Crippen LogP contribution in [0.1, 0.15) is 22.7 Å². The van der Waals surface area contributed by atoms with Gasteiger partial charge < -0.3 is 5.32 Å². The van der Waals surface area contributed by atoms with E-state index in [2.05, 4.69) is 67.0 Å². The second kappa shape index (κ2) is 4.95. The van der Waals surface area contributed by atoms with E-state index >= 15 is 0 Å². The number of fused-ring (bicyclic) bond motifs is 1. The maximum absolute atomic E-state index is 3.50. The first-order valence-corrected chi connectivity index (χ1v) is 6.67. The zero-order valence-corrected chi connectivity index (χ0v) is 10.8. The molecule has 92 valence electrons. The van der Waals surface area contributed by atoms with Crippen molar-refractivity contribution >= 4 is 0 Å². The van der Waals surface area contributed by atoms with Gasteiger partial charge in [0, 0.05) is 6.04 Å². The van der Waals surface area contributed by atoms with Crippen LogP contribution in [0, 0.1) is 5.92 Å². The Kier molecular flexibility index (Phi) is 3.16. The maximum atomic E-state index is 3.50. The van der Waals surface area contributed by atoms with Gasteiger partial charge in [0.05, 0.1) is 0 Å². The van der Waals surface area contributed by atoms with Crippen molar-refractivity contribution in [2.75, 3.05) is 7.05 Å². The van der Waals surface area contributed by atoms with E-state index in [0.29, 0.717) is 12.0 Å². The highest BCUT2D eigenvalue weighted by Crippen LogP contribution is 2.34. The van der Waals surface area contributed by atoms with E-state index in [-0.39, 0.29) is 0 Å². The quantitative estimate of drug-likeness (QED) is 0.863. The Hall–Kier alpha value is -1.60. The molecule has 1 aliphatic rings. The first-order valence-electron chi connectivity index (χ1n) is 6.67. The molecule has 0 bridgehead atoms. The number of hydrogen-bond acceptors (Lipinski definition) is 1. The number of benzene rings is 2. The lowest BCUT2D eigenvalue weighted by molar-refractivity contribution is 0.397. The average Bonchev–Trinajstić information content (AvgIpc) is 2.84. The van der Waals surface area contributed by atoms with Crippen molar-refractivity contribution in [3.8, 4) is 0 Å². The van der Waals surface area contributed by atoms with Crippen molar-refractivity contribution < 1.29 is 0 Å². The minimum absolute atomic E-state index is 0.457. The molecular weight excluding hydrogens is 218 g/mol. The summed E-state index contributed by atoms with van der Waals surface area (Å²) in [7, 11) is 2.07. The van der Waals surface area contributed by atoms with E-state index in [0.717, 1.165) is 0 Å². The fourth-order valence-electron chi connectivity index (χ4n) is 3.16. The molecule has 1 nitrogen and oxygen atoms in total. The summed E-state index contributed by atoms with van der Waals surface area (Å²) >= 11 is 0. The monoisotopic (exact) mass is 237 g/mol. The molecule has 0 aromatic heterocycles. The van der Waals surface area contributed by atoms with Gasteiger partial charge in [0.25, 0.3) is 0 Å². The van der Waals surface area contributed by atoms with Gasteiger partial charge in [-0.3, -0.25) is 0 Å². The predicted octanol–water partition coefficient (Wildman–Crippen LogP) is 3.36. The van der Waals surface area contributed by atoms with Crippen LogP contribution in [0.4, 0.5) is 0 Å². The van der Waals surface area contributed by atoms with Crippen LogP contribution < -0.4 is 5.32 Å². The average molecular weight is 237 g/mol. The van der Waals surface area contributed by atoms with Gasteiger partial charge in [0.2, 0.25) is 0 Å². The second-order valence-electron chi connectivity index (χ2n) is 5.11. The minimum atomic E-state index is 0.457. The largest absolute Gasteiger partial charge is 0.313 e. The normalized spacial score (nSPS) is 16.5. The lowest BCUT2D eigenvalue weighted by atomic mass is 9.91. The van der Waals surface area contributed by atoms with Gasteiger partial charge in [0.1, 0.15) is 0 Å². The molecule has 1 unspecified atom stereocenters. The summed E-state index contributed by atoms with van der Waals surface area (Å²) in [5.74, 6) is 0.676. The fourth-order valence-corrected chi connectivity index (χ4v) is 3.16. The minimum Gasteiger partial charge on any atom is -0.313 e. The lowest BCUT2D eigenvalue weighted by Crippen LogP contribution is -2.25. The van der Waals surface area contributed by atoms with Crippen molar-refractivity contribution in [1.29, 1.82) is 0 Å². The van der Waals surface area contributed by atoms with Gasteiger partial charge in [-0.05, 0) is 42.5 Å². The van der Waals surface area contributed by atoms with E-state index in [1.165, 1.54) is 29.5 Å². The lowest BCUT2D eigenvalue weighted by Gasteiger charge is -2.23. The third-order valence-corrected chi connectivity index (χ3v) is 4.02. The van der Waals surface area contributed by atoms with Crippen LogP contribution >= 0.6 is 0 Å². The number of nitrogens with one attached hydrogen (secondary N) is 1. The van der Waals surface area contributed by atoms with Gasteiger partial charge in [-0.25, -0.2) is 0 Å². The summed E-state index contributed by atoms with van der Waals surface area (Å²) < 4.78 is 0. The van der Waals surface area contributed by atoms with Crippen LogP contribution in [0.2, 0.25) is 0 Å². The molecule has 0 spiro atoms. The summed E-state index contributed by atoms with van der Waals surface area (Å²) in [6.07, 6.45) is 2.38. The smallest absolute Gasteiger partial charge is 0.0352 e. The summed E-state index contributed by atoms with van der Waals surface area (Å²) in [5.41, 5.74) is 4.45. The fraction of sp³-hybridized carbons (Fsp3) is 0.294. The van der Waals surface area contributed by atoms with Crippen LogP contribution in [0.3, 0.4) is 0 Å². The molecule has 0 fully saturated rings. The summed E-state index contributed by atoms with van der Waals surface area (Å²) in [6.45, 7) is 0. The van der Waals surface area contributed by atoms with Crippen molar-refractivity contribution in [2.45, 2.75) is 18.9 Å². The zero-order chi connectivity index (χ0) is 12.4. The molecule has 1 N–H and O–H groups in total. The van der Waals surface area contributed by atoms with E-state index in [9.17, 15) is 0 Å². The van der Waals surface area contributed by atoms with Gasteiger partial charge >= 0.3 is 0 Å². The van der Waals surface area contributed by atoms with Crippen molar-refractivity contribution in [3.05, 3.63) is 71.3 Å². The van der Waals surface area contributed by atoms with Crippen LogP contribution in [0.5, 0.6) is 0 Å². The summed E-state index contributed by atoms with van der Waals surface area (Å²) in [4.78, 5) is 0. The molecule has 3 rings (SSSR count). The molecule has 0 saturated carbocycles. The van der Waals surface area contributed by atoms with Gasteiger partial charge in [-0.15, -0.1) is 0 Å². The molecule has 0 amide bonds. The molecule has 2 aromatic carbocycles. The van der Waals surface area contributed by atoms with Crippen LogP contribution in [-0.4, -0.2) is 7.05 Å². The Bertz CT molecular complexity index is 493. The second-order valence-corrected chi connectivity index (χ2v) is 5.11. The third kappa shape index (κ3) is 2.06. The maximum Gasteiger partial charge on any atom is 0.0352 e. The predicted molar refractivity (Wildman–Crippen MR) is 75.6 cm³/mol. The van der Waals surface area contributed by atoms with Crippen molar-refractivity contribution in [1.82, 2.24) is 5.32 Å². The molecule has 1 aliphatic carbocycles. The highest BCUT2D eigenvalue weighted by Gasteiger charge is 2.28. The molecular formula is C17H19N. The summed E-state index contributed by atoms with van der Waals surface area (Å²) in [5, 5.41) is 3.50. The van der Waals surface area contributed by atoms with Crippen molar-refractivity contribution in [2.24, 2.45) is 5.92 Å². The molecule has 0 saturated heterocycles. The molecule has 2 aromatic rings. The van der Waals surface area contributed by atoms with Crippen LogP contribution in [0.25, 0.3) is 0 Å². The molecule has 0 aliphatic heterocycles. The zero-order valence-electron chi connectivity index (χ0n) is 10.8. The third-order valence-electron chi connectivity index (χ3n) is 4.02. The van der Waals surface area contributed by atoms with Gasteiger partial charge in [-0.1, -0.05) is 54.6 Å². The van der Waals surface area contributed by atoms with Crippen LogP contribution in [0.15, 0.2) is 54.6 Å². The van der Waals surface area contributed by atoms with Crippen molar-refractivity contribution in [3.63, 3.8) is 0 Å². The van der Waals surface area contributed by atoms with E-state index in [4.69, 9.17) is 0 Å². The number of rotatable bonds is 3. The van der Waals surface area contributed by atoms with Gasteiger partial charge in [-0.2, -0.15) is 0 Å². The Morgan fingerprint density at radius 1 is 0.889 bits per heavy atom. The molecule has 1 heteroatoms. The number of hydrogen-bond donors (Lipinski definition) is 1. The molecule has 0 radical (unpaired) electrons. The standard InChI is InChI=1S/C17H19N/c1-18-17(13-7-3-2-4-8-13)16-11-14-9-5-6-10-15(14)12-16/h2-10,16-18H,11-12H2,1H3. The molecule has 0 heterocycles.